The van der Waals surface area contributed by atoms with Gasteiger partial charge in [0, 0.05) is 12.0 Å². The first-order valence-corrected chi connectivity index (χ1v) is 8.26. The summed E-state index contributed by atoms with van der Waals surface area (Å²) in [5.41, 5.74) is 1.30. The lowest BCUT2D eigenvalue weighted by Crippen LogP contribution is -2.47. The van der Waals surface area contributed by atoms with E-state index in [9.17, 15) is 5.11 Å². The molecule has 2 aromatic rings. The van der Waals surface area contributed by atoms with E-state index >= 15 is 0 Å². The highest BCUT2D eigenvalue weighted by Gasteiger charge is 2.40. The predicted octanol–water partition coefficient (Wildman–Crippen LogP) is 3.82. The molecule has 2 heteroatoms. The monoisotopic (exact) mass is 295 g/mol. The summed E-state index contributed by atoms with van der Waals surface area (Å²) in [5, 5.41) is 15.0. The highest BCUT2D eigenvalue weighted by atomic mass is 16.3. The van der Waals surface area contributed by atoms with E-state index in [1.165, 1.54) is 18.4 Å². The Hall–Kier alpha value is -1.64. The molecule has 1 aliphatic heterocycles. The second-order valence-corrected chi connectivity index (χ2v) is 6.46. The Labute approximate surface area is 133 Å². The molecule has 3 rings (SSSR count). The van der Waals surface area contributed by atoms with Crippen LogP contribution in [-0.4, -0.2) is 17.7 Å². The second-order valence-electron chi connectivity index (χ2n) is 6.46. The molecule has 2 aromatic carbocycles. The molecule has 1 aliphatic rings. The molecule has 0 spiro atoms. The first kappa shape index (κ1) is 15.3. The molecule has 116 valence electrons. The Balaban J connectivity index is 2.01. The second kappa shape index (κ2) is 6.64. The Bertz CT molecular complexity index is 573. The third-order valence-corrected chi connectivity index (χ3v) is 4.87. The summed E-state index contributed by atoms with van der Waals surface area (Å²) in [4.78, 5) is 0. The minimum Gasteiger partial charge on any atom is -0.385 e. The molecule has 2 N–H and O–H groups in total. The van der Waals surface area contributed by atoms with Gasteiger partial charge in [-0.1, -0.05) is 67.1 Å². The molecule has 3 atom stereocenters. The SMILES string of the molecule is C[C@@](O)(c1ccccc1)[C@@H](c1ccccc1)[C@@H]1CCCCN1. The molecule has 1 heterocycles. The maximum absolute atomic E-state index is 11.4. The van der Waals surface area contributed by atoms with Crippen molar-refractivity contribution in [1.82, 2.24) is 5.32 Å². The zero-order valence-electron chi connectivity index (χ0n) is 13.2. The van der Waals surface area contributed by atoms with Gasteiger partial charge in [0.05, 0.1) is 5.60 Å². The molecule has 0 aliphatic carbocycles. The van der Waals surface area contributed by atoms with Crippen molar-refractivity contribution >= 4 is 0 Å². The summed E-state index contributed by atoms with van der Waals surface area (Å²) >= 11 is 0. The van der Waals surface area contributed by atoms with Crippen molar-refractivity contribution in [3.05, 3.63) is 71.8 Å². The normalized spacial score (nSPS) is 22.7. The Morgan fingerprint density at radius 2 is 1.64 bits per heavy atom. The summed E-state index contributed by atoms with van der Waals surface area (Å²) in [7, 11) is 0. The van der Waals surface area contributed by atoms with Gasteiger partial charge in [0.15, 0.2) is 0 Å². The number of benzene rings is 2. The highest BCUT2D eigenvalue weighted by Crippen LogP contribution is 2.41. The molecule has 2 nitrogen and oxygen atoms in total. The van der Waals surface area contributed by atoms with Crippen LogP contribution in [0.25, 0.3) is 0 Å². The average Bonchev–Trinajstić information content (AvgIpc) is 2.58. The lowest BCUT2D eigenvalue weighted by molar-refractivity contribution is 0.00897. The maximum Gasteiger partial charge on any atom is 0.0951 e. The molecule has 0 unspecified atom stereocenters. The van der Waals surface area contributed by atoms with E-state index in [2.05, 4.69) is 29.6 Å². The minimum absolute atomic E-state index is 0.0522. The van der Waals surface area contributed by atoms with Crippen molar-refractivity contribution < 1.29 is 5.11 Å². The molecule has 0 radical (unpaired) electrons. The van der Waals surface area contributed by atoms with E-state index in [4.69, 9.17) is 0 Å². The standard InChI is InChI=1S/C20H25NO/c1-20(22,17-12-6-3-7-13-17)19(16-10-4-2-5-11-16)18-14-8-9-15-21-18/h2-7,10-13,18-19,21-22H,8-9,14-15H2,1H3/t18-,19-,20+/m0/s1. The fraction of sp³-hybridized carbons (Fsp3) is 0.400. The fourth-order valence-electron chi connectivity index (χ4n) is 3.73. The first-order valence-electron chi connectivity index (χ1n) is 8.26. The molecule has 0 amide bonds. The third kappa shape index (κ3) is 3.08. The van der Waals surface area contributed by atoms with E-state index in [1.807, 2.05) is 43.3 Å². The largest absolute Gasteiger partial charge is 0.385 e. The Kier molecular flexibility index (Phi) is 4.60. The molecular formula is C20H25NO. The van der Waals surface area contributed by atoms with Crippen LogP contribution in [0.5, 0.6) is 0 Å². The van der Waals surface area contributed by atoms with E-state index in [-0.39, 0.29) is 5.92 Å². The van der Waals surface area contributed by atoms with Gasteiger partial charge in [0.2, 0.25) is 0 Å². The molecular weight excluding hydrogens is 270 g/mol. The van der Waals surface area contributed by atoms with Crippen LogP contribution in [0.1, 0.15) is 43.2 Å². The molecule has 22 heavy (non-hydrogen) atoms. The van der Waals surface area contributed by atoms with Gasteiger partial charge in [0.1, 0.15) is 0 Å². The van der Waals surface area contributed by atoms with Crippen LogP contribution in [0, 0.1) is 0 Å². The van der Waals surface area contributed by atoms with E-state index in [0.29, 0.717) is 6.04 Å². The summed E-state index contributed by atoms with van der Waals surface area (Å²) in [6.07, 6.45) is 3.57. The van der Waals surface area contributed by atoms with Crippen molar-refractivity contribution in [2.75, 3.05) is 6.54 Å². The number of piperidine rings is 1. The molecule has 1 saturated heterocycles. The van der Waals surface area contributed by atoms with Crippen molar-refractivity contribution in [2.24, 2.45) is 0 Å². The van der Waals surface area contributed by atoms with E-state index in [0.717, 1.165) is 18.5 Å². The van der Waals surface area contributed by atoms with E-state index in [1.54, 1.807) is 0 Å². The van der Waals surface area contributed by atoms with Gasteiger partial charge in [-0.2, -0.15) is 0 Å². The van der Waals surface area contributed by atoms with Gasteiger partial charge in [-0.05, 0) is 37.4 Å². The highest BCUT2D eigenvalue weighted by molar-refractivity contribution is 5.32. The van der Waals surface area contributed by atoms with Gasteiger partial charge >= 0.3 is 0 Å². The van der Waals surface area contributed by atoms with Gasteiger partial charge < -0.3 is 10.4 Å². The number of hydrogen-bond donors (Lipinski definition) is 2. The van der Waals surface area contributed by atoms with Crippen LogP contribution < -0.4 is 5.32 Å². The van der Waals surface area contributed by atoms with Crippen molar-refractivity contribution in [2.45, 2.75) is 43.7 Å². The Morgan fingerprint density at radius 3 is 2.23 bits per heavy atom. The smallest absolute Gasteiger partial charge is 0.0951 e. The fourth-order valence-corrected chi connectivity index (χ4v) is 3.73. The van der Waals surface area contributed by atoms with Gasteiger partial charge in [-0.3, -0.25) is 0 Å². The van der Waals surface area contributed by atoms with Gasteiger partial charge in [0.25, 0.3) is 0 Å². The zero-order valence-corrected chi connectivity index (χ0v) is 13.2. The molecule has 0 aromatic heterocycles. The average molecular weight is 295 g/mol. The van der Waals surface area contributed by atoms with Crippen LogP contribution in [0.4, 0.5) is 0 Å². The lowest BCUT2D eigenvalue weighted by atomic mass is 9.72. The maximum atomic E-state index is 11.4. The van der Waals surface area contributed by atoms with Crippen LogP contribution in [0.15, 0.2) is 60.7 Å². The number of aliphatic hydroxyl groups is 1. The minimum atomic E-state index is -0.891. The summed E-state index contributed by atoms with van der Waals surface area (Å²) in [6, 6.07) is 20.8. The van der Waals surface area contributed by atoms with Crippen molar-refractivity contribution in [1.29, 1.82) is 0 Å². The Morgan fingerprint density at radius 1 is 1.00 bits per heavy atom. The molecule has 0 bridgehead atoms. The number of rotatable bonds is 4. The third-order valence-electron chi connectivity index (χ3n) is 4.87. The number of hydrogen-bond acceptors (Lipinski definition) is 2. The summed E-state index contributed by atoms with van der Waals surface area (Å²) < 4.78 is 0. The molecule has 1 fully saturated rings. The zero-order chi connectivity index (χ0) is 15.4. The van der Waals surface area contributed by atoms with Crippen LogP contribution in [-0.2, 0) is 5.60 Å². The topological polar surface area (TPSA) is 32.3 Å². The molecule has 0 saturated carbocycles. The predicted molar refractivity (Wildman–Crippen MR) is 90.8 cm³/mol. The van der Waals surface area contributed by atoms with Crippen molar-refractivity contribution in [3.8, 4) is 0 Å². The summed E-state index contributed by atoms with van der Waals surface area (Å²) in [6.45, 7) is 3.00. The van der Waals surface area contributed by atoms with Gasteiger partial charge in [-0.15, -0.1) is 0 Å². The van der Waals surface area contributed by atoms with Crippen LogP contribution in [0.2, 0.25) is 0 Å². The quantitative estimate of drug-likeness (QED) is 0.898. The van der Waals surface area contributed by atoms with E-state index < -0.39 is 5.60 Å². The van der Waals surface area contributed by atoms with Crippen molar-refractivity contribution in [3.63, 3.8) is 0 Å². The van der Waals surface area contributed by atoms with Gasteiger partial charge in [-0.25, -0.2) is 0 Å². The lowest BCUT2D eigenvalue weighted by Gasteiger charge is -2.41. The summed E-state index contributed by atoms with van der Waals surface area (Å²) in [5.74, 6) is 0.0522. The number of nitrogens with one attached hydrogen (secondary N) is 1. The van der Waals surface area contributed by atoms with Crippen LogP contribution >= 0.6 is 0 Å². The first-order chi connectivity index (χ1) is 10.7. The van der Waals surface area contributed by atoms with Crippen LogP contribution in [0.3, 0.4) is 0 Å².